The molecule has 6 nitrogen and oxygen atoms in total. The molecule has 0 fully saturated rings. The fraction of sp³-hybridized carbons (Fsp3) is 0.167. The molecule has 0 unspecified atom stereocenters. The highest BCUT2D eigenvalue weighted by Crippen LogP contribution is 2.29. The molecule has 0 radical (unpaired) electrons. The average Bonchev–Trinajstić information content (AvgIpc) is 2.89. The molecule has 1 N–H and O–H groups in total. The van der Waals surface area contributed by atoms with E-state index in [1.807, 2.05) is 0 Å². The zero-order chi connectivity index (χ0) is 13.0. The molecular weight excluding hydrogens is 236 g/mol. The Bertz CT molecular complexity index is 537. The molecule has 1 aromatic carbocycles. The van der Waals surface area contributed by atoms with E-state index >= 15 is 0 Å². The van der Waals surface area contributed by atoms with E-state index in [9.17, 15) is 10.1 Å². The highest BCUT2D eigenvalue weighted by molar-refractivity contribution is 5.63. The van der Waals surface area contributed by atoms with Crippen molar-refractivity contribution in [3.8, 4) is 5.75 Å². The third-order valence-electron chi connectivity index (χ3n) is 2.43. The highest BCUT2D eigenvalue weighted by atomic mass is 16.6. The molecule has 0 bridgehead atoms. The van der Waals surface area contributed by atoms with E-state index in [0.29, 0.717) is 23.7 Å². The Kier molecular flexibility index (Phi) is 3.47. The van der Waals surface area contributed by atoms with Gasteiger partial charge in [-0.15, -0.1) is 0 Å². The summed E-state index contributed by atoms with van der Waals surface area (Å²) < 4.78 is 10.1. The normalized spacial score (nSPS) is 10.1. The molecule has 0 amide bonds. The first-order chi connectivity index (χ1) is 8.70. The Morgan fingerprint density at radius 1 is 1.44 bits per heavy atom. The van der Waals surface area contributed by atoms with Gasteiger partial charge in [0, 0.05) is 0 Å². The van der Waals surface area contributed by atoms with Crippen molar-refractivity contribution >= 4 is 11.4 Å². The molecule has 18 heavy (non-hydrogen) atoms. The standard InChI is InChI=1S/C12H12N2O4/c1-17-9-4-5-11(12(7-9)14(15)16)13-8-10-3-2-6-18-10/h2-7,13H,8H2,1H3. The van der Waals surface area contributed by atoms with Gasteiger partial charge in [0.1, 0.15) is 17.2 Å². The second kappa shape index (κ2) is 5.22. The zero-order valence-corrected chi connectivity index (χ0v) is 9.75. The summed E-state index contributed by atoms with van der Waals surface area (Å²) in [4.78, 5) is 10.5. The van der Waals surface area contributed by atoms with Crippen LogP contribution in [-0.2, 0) is 6.54 Å². The molecule has 0 saturated heterocycles. The maximum Gasteiger partial charge on any atom is 0.296 e. The quantitative estimate of drug-likeness (QED) is 0.650. The minimum Gasteiger partial charge on any atom is -0.496 e. The van der Waals surface area contributed by atoms with Gasteiger partial charge in [0.15, 0.2) is 0 Å². The number of furan rings is 1. The summed E-state index contributed by atoms with van der Waals surface area (Å²) in [6.07, 6.45) is 1.56. The number of hydrogen-bond acceptors (Lipinski definition) is 5. The third-order valence-corrected chi connectivity index (χ3v) is 2.43. The van der Waals surface area contributed by atoms with Crippen LogP contribution in [0.4, 0.5) is 11.4 Å². The van der Waals surface area contributed by atoms with Gasteiger partial charge in [-0.1, -0.05) is 0 Å². The van der Waals surface area contributed by atoms with E-state index < -0.39 is 4.92 Å². The van der Waals surface area contributed by atoms with E-state index in [-0.39, 0.29) is 5.69 Å². The van der Waals surface area contributed by atoms with Crippen LogP contribution in [0.3, 0.4) is 0 Å². The lowest BCUT2D eigenvalue weighted by Gasteiger charge is -2.07. The number of nitrogens with zero attached hydrogens (tertiary/aromatic N) is 1. The molecule has 2 aromatic rings. The molecule has 1 heterocycles. The van der Waals surface area contributed by atoms with Crippen molar-refractivity contribution in [2.45, 2.75) is 6.54 Å². The Labute approximate surface area is 103 Å². The van der Waals surface area contributed by atoms with Crippen LogP contribution in [0.15, 0.2) is 41.0 Å². The summed E-state index contributed by atoms with van der Waals surface area (Å²) in [5.74, 6) is 1.16. The molecule has 0 spiro atoms. The van der Waals surface area contributed by atoms with Gasteiger partial charge in [0.2, 0.25) is 0 Å². The molecule has 0 atom stereocenters. The lowest BCUT2D eigenvalue weighted by atomic mass is 10.2. The average molecular weight is 248 g/mol. The SMILES string of the molecule is COc1ccc(NCc2ccco2)c([N+](=O)[O-])c1. The molecule has 2 rings (SSSR count). The van der Waals surface area contributed by atoms with Crippen LogP contribution in [-0.4, -0.2) is 12.0 Å². The van der Waals surface area contributed by atoms with E-state index in [1.165, 1.54) is 13.2 Å². The van der Waals surface area contributed by atoms with E-state index in [4.69, 9.17) is 9.15 Å². The van der Waals surface area contributed by atoms with Gasteiger partial charge in [-0.05, 0) is 24.3 Å². The van der Waals surface area contributed by atoms with Crippen LogP contribution in [0.5, 0.6) is 5.75 Å². The fourth-order valence-corrected chi connectivity index (χ4v) is 1.53. The van der Waals surface area contributed by atoms with E-state index in [1.54, 1.807) is 30.5 Å². The number of benzene rings is 1. The van der Waals surface area contributed by atoms with Gasteiger partial charge in [-0.3, -0.25) is 10.1 Å². The Balaban J connectivity index is 2.18. The molecule has 1 aromatic heterocycles. The lowest BCUT2D eigenvalue weighted by Crippen LogP contribution is -2.02. The smallest absolute Gasteiger partial charge is 0.296 e. The number of anilines is 1. The Morgan fingerprint density at radius 2 is 2.28 bits per heavy atom. The summed E-state index contributed by atoms with van der Waals surface area (Å²) in [7, 11) is 1.47. The summed E-state index contributed by atoms with van der Waals surface area (Å²) in [6, 6.07) is 8.21. The van der Waals surface area contributed by atoms with Crippen molar-refractivity contribution in [3.63, 3.8) is 0 Å². The first-order valence-corrected chi connectivity index (χ1v) is 5.29. The summed E-state index contributed by atoms with van der Waals surface area (Å²) in [5, 5.41) is 13.9. The Hall–Kier alpha value is -2.50. The topological polar surface area (TPSA) is 77.5 Å². The molecule has 0 aliphatic carbocycles. The monoisotopic (exact) mass is 248 g/mol. The number of nitro groups is 1. The minimum absolute atomic E-state index is 0.0269. The molecule has 0 saturated carbocycles. The first-order valence-electron chi connectivity index (χ1n) is 5.29. The number of methoxy groups -OCH3 is 1. The number of nitrogens with one attached hydrogen (secondary N) is 1. The van der Waals surface area contributed by atoms with Crippen LogP contribution in [0, 0.1) is 10.1 Å². The second-order valence-electron chi connectivity index (χ2n) is 3.57. The van der Waals surface area contributed by atoms with Gasteiger partial charge in [0.05, 0.1) is 30.9 Å². The third kappa shape index (κ3) is 2.60. The minimum atomic E-state index is -0.451. The maximum absolute atomic E-state index is 10.9. The Morgan fingerprint density at radius 3 is 2.89 bits per heavy atom. The number of nitro benzene ring substituents is 1. The molecule has 0 aliphatic heterocycles. The van der Waals surface area contributed by atoms with E-state index in [0.717, 1.165) is 0 Å². The summed E-state index contributed by atoms with van der Waals surface area (Å²) >= 11 is 0. The van der Waals surface area contributed by atoms with Crippen molar-refractivity contribution in [1.82, 2.24) is 0 Å². The van der Waals surface area contributed by atoms with Gasteiger partial charge in [-0.2, -0.15) is 0 Å². The van der Waals surface area contributed by atoms with Crippen molar-refractivity contribution in [2.75, 3.05) is 12.4 Å². The summed E-state index contributed by atoms with van der Waals surface area (Å²) in [6.45, 7) is 0.389. The number of ether oxygens (including phenoxy) is 1. The number of rotatable bonds is 5. The van der Waals surface area contributed by atoms with Crippen LogP contribution < -0.4 is 10.1 Å². The molecule has 6 heteroatoms. The number of hydrogen-bond donors (Lipinski definition) is 1. The van der Waals surface area contributed by atoms with Crippen LogP contribution in [0.1, 0.15) is 5.76 Å². The predicted molar refractivity (Wildman–Crippen MR) is 65.7 cm³/mol. The molecular formula is C12H12N2O4. The molecule has 94 valence electrons. The van der Waals surface area contributed by atoms with Crippen molar-refractivity contribution in [1.29, 1.82) is 0 Å². The van der Waals surface area contributed by atoms with Crippen LogP contribution in [0.25, 0.3) is 0 Å². The lowest BCUT2D eigenvalue weighted by molar-refractivity contribution is -0.384. The zero-order valence-electron chi connectivity index (χ0n) is 9.75. The maximum atomic E-state index is 10.9. The van der Waals surface area contributed by atoms with Gasteiger partial charge < -0.3 is 14.5 Å². The largest absolute Gasteiger partial charge is 0.496 e. The van der Waals surface area contributed by atoms with Crippen LogP contribution in [0.2, 0.25) is 0 Å². The van der Waals surface area contributed by atoms with Crippen molar-refractivity contribution in [2.24, 2.45) is 0 Å². The predicted octanol–water partition coefficient (Wildman–Crippen LogP) is 2.81. The van der Waals surface area contributed by atoms with Crippen LogP contribution >= 0.6 is 0 Å². The fourth-order valence-electron chi connectivity index (χ4n) is 1.53. The van der Waals surface area contributed by atoms with Gasteiger partial charge in [-0.25, -0.2) is 0 Å². The summed E-state index contributed by atoms with van der Waals surface area (Å²) in [5.41, 5.74) is 0.401. The first kappa shape index (κ1) is 12.0. The molecule has 0 aliphatic rings. The second-order valence-corrected chi connectivity index (χ2v) is 3.57. The van der Waals surface area contributed by atoms with E-state index in [2.05, 4.69) is 5.32 Å². The van der Waals surface area contributed by atoms with Crippen molar-refractivity contribution in [3.05, 3.63) is 52.5 Å². The van der Waals surface area contributed by atoms with Crippen molar-refractivity contribution < 1.29 is 14.1 Å². The highest BCUT2D eigenvalue weighted by Gasteiger charge is 2.14. The van der Waals surface area contributed by atoms with Gasteiger partial charge >= 0.3 is 0 Å². The van der Waals surface area contributed by atoms with Gasteiger partial charge in [0.25, 0.3) is 5.69 Å².